The highest BCUT2D eigenvalue weighted by Gasteiger charge is 2.16. The van der Waals surface area contributed by atoms with E-state index in [0.29, 0.717) is 5.56 Å². The van der Waals surface area contributed by atoms with E-state index < -0.39 is 22.3 Å². The Morgan fingerprint density at radius 2 is 1.70 bits per heavy atom. The number of ether oxygens (including phenoxy) is 1. The van der Waals surface area contributed by atoms with Crippen LogP contribution in [0.5, 0.6) is 5.75 Å². The van der Waals surface area contributed by atoms with E-state index in [4.69, 9.17) is 4.74 Å². The van der Waals surface area contributed by atoms with E-state index in [1.165, 1.54) is 37.4 Å². The zero-order valence-corrected chi connectivity index (χ0v) is 12.3. The number of hydrogen-bond donors (Lipinski definition) is 0. The van der Waals surface area contributed by atoms with Gasteiger partial charge in [-0.05, 0) is 36.2 Å². The molecule has 1 atom stereocenters. The highest BCUT2D eigenvalue weighted by molar-refractivity contribution is 9.09. The number of alkyl halides is 1. The molecule has 0 bridgehead atoms. The van der Waals surface area contributed by atoms with Crippen molar-refractivity contribution >= 4 is 15.9 Å². The Kier molecular flexibility index (Phi) is 4.70. The Morgan fingerprint density at radius 3 is 2.25 bits per heavy atom. The third-order valence-electron chi connectivity index (χ3n) is 2.98. The molecule has 1 unspecified atom stereocenters. The molecule has 0 fully saturated rings. The van der Waals surface area contributed by atoms with Gasteiger partial charge in [-0.3, -0.25) is 0 Å². The molecular weight excluding hydrogens is 333 g/mol. The Labute approximate surface area is 123 Å². The van der Waals surface area contributed by atoms with Crippen molar-refractivity contribution in [2.24, 2.45) is 0 Å². The van der Waals surface area contributed by atoms with Gasteiger partial charge >= 0.3 is 0 Å². The summed E-state index contributed by atoms with van der Waals surface area (Å²) in [6.07, 6.45) is 0.0876. The molecule has 0 heterocycles. The van der Waals surface area contributed by atoms with Gasteiger partial charge in [0.1, 0.15) is 11.6 Å². The highest BCUT2D eigenvalue weighted by atomic mass is 79.9. The van der Waals surface area contributed by atoms with Crippen LogP contribution < -0.4 is 4.74 Å². The molecule has 20 heavy (non-hydrogen) atoms. The number of rotatable bonds is 4. The average molecular weight is 345 g/mol. The van der Waals surface area contributed by atoms with Crippen molar-refractivity contribution in [1.29, 1.82) is 0 Å². The van der Waals surface area contributed by atoms with Crippen LogP contribution in [0.2, 0.25) is 0 Å². The van der Waals surface area contributed by atoms with Gasteiger partial charge in [0, 0.05) is 10.4 Å². The van der Waals surface area contributed by atoms with Gasteiger partial charge in [0.05, 0.1) is 7.11 Å². The first-order valence-electron chi connectivity index (χ1n) is 5.93. The number of halogens is 4. The minimum absolute atomic E-state index is 0.0226. The summed E-state index contributed by atoms with van der Waals surface area (Å²) in [4.78, 5) is -0.394. The van der Waals surface area contributed by atoms with E-state index in [9.17, 15) is 13.2 Å². The van der Waals surface area contributed by atoms with Gasteiger partial charge < -0.3 is 4.74 Å². The van der Waals surface area contributed by atoms with Crippen molar-refractivity contribution in [2.45, 2.75) is 11.2 Å². The quantitative estimate of drug-likeness (QED) is 0.724. The van der Waals surface area contributed by atoms with Gasteiger partial charge in [-0.2, -0.15) is 0 Å². The molecule has 0 aromatic heterocycles. The molecule has 0 aliphatic heterocycles. The van der Waals surface area contributed by atoms with E-state index in [1.807, 2.05) is 0 Å². The van der Waals surface area contributed by atoms with Crippen molar-refractivity contribution in [1.82, 2.24) is 0 Å². The Morgan fingerprint density at radius 1 is 1.05 bits per heavy atom. The predicted octanol–water partition coefficient (Wildman–Crippen LogP) is 4.79. The van der Waals surface area contributed by atoms with Crippen LogP contribution in [0.4, 0.5) is 13.2 Å². The molecule has 5 heteroatoms. The van der Waals surface area contributed by atoms with E-state index in [2.05, 4.69) is 15.9 Å². The SMILES string of the molecule is COc1ccc(C(Br)Cc2c(F)cccc2F)cc1F. The van der Waals surface area contributed by atoms with Crippen LogP contribution in [0.3, 0.4) is 0 Å². The summed E-state index contributed by atoms with van der Waals surface area (Å²) in [5.74, 6) is -1.60. The third-order valence-corrected chi connectivity index (χ3v) is 3.83. The zero-order valence-electron chi connectivity index (χ0n) is 10.7. The van der Waals surface area contributed by atoms with E-state index in [1.54, 1.807) is 6.07 Å². The molecule has 0 aliphatic rings. The van der Waals surface area contributed by atoms with Crippen molar-refractivity contribution in [2.75, 3.05) is 7.11 Å². The van der Waals surface area contributed by atoms with Crippen LogP contribution in [0.1, 0.15) is 16.0 Å². The summed E-state index contributed by atoms with van der Waals surface area (Å²) >= 11 is 3.33. The molecule has 2 aromatic carbocycles. The second kappa shape index (κ2) is 6.31. The van der Waals surface area contributed by atoms with E-state index in [0.717, 1.165) is 0 Å². The molecule has 0 spiro atoms. The predicted molar refractivity (Wildman–Crippen MR) is 74.7 cm³/mol. The zero-order chi connectivity index (χ0) is 14.7. The minimum atomic E-state index is -0.608. The topological polar surface area (TPSA) is 9.23 Å². The maximum atomic E-state index is 13.6. The van der Waals surface area contributed by atoms with E-state index in [-0.39, 0.29) is 17.7 Å². The summed E-state index contributed by atoms with van der Waals surface area (Å²) in [5.41, 5.74) is 0.566. The van der Waals surface area contributed by atoms with Crippen molar-refractivity contribution < 1.29 is 17.9 Å². The number of hydrogen-bond acceptors (Lipinski definition) is 1. The third kappa shape index (κ3) is 3.15. The largest absolute Gasteiger partial charge is 0.494 e. The highest BCUT2D eigenvalue weighted by Crippen LogP contribution is 2.31. The first kappa shape index (κ1) is 14.9. The summed E-state index contributed by atoms with van der Waals surface area (Å²) in [6.45, 7) is 0. The van der Waals surface area contributed by atoms with Gasteiger partial charge in [0.2, 0.25) is 0 Å². The van der Waals surface area contributed by atoms with Crippen molar-refractivity contribution in [3.8, 4) is 5.75 Å². The van der Waals surface area contributed by atoms with Crippen LogP contribution in [0.15, 0.2) is 36.4 Å². The molecule has 0 saturated carbocycles. The molecule has 2 rings (SSSR count). The van der Waals surface area contributed by atoms with Crippen LogP contribution in [-0.4, -0.2) is 7.11 Å². The lowest BCUT2D eigenvalue weighted by Gasteiger charge is -2.13. The van der Waals surface area contributed by atoms with Crippen LogP contribution in [0, 0.1) is 17.5 Å². The molecular formula is C15H12BrF3O. The van der Waals surface area contributed by atoms with E-state index >= 15 is 0 Å². The fourth-order valence-electron chi connectivity index (χ4n) is 1.90. The Bertz CT molecular complexity index is 596. The molecule has 0 aliphatic carbocycles. The molecule has 0 radical (unpaired) electrons. The molecule has 0 amide bonds. The second-order valence-corrected chi connectivity index (χ2v) is 5.37. The fourth-order valence-corrected chi connectivity index (χ4v) is 2.51. The lowest BCUT2D eigenvalue weighted by molar-refractivity contribution is 0.386. The van der Waals surface area contributed by atoms with Crippen LogP contribution in [-0.2, 0) is 6.42 Å². The molecule has 0 saturated heterocycles. The van der Waals surface area contributed by atoms with Gasteiger partial charge in [-0.15, -0.1) is 0 Å². The number of benzene rings is 2. The summed E-state index contributed by atoms with van der Waals surface area (Å²) < 4.78 is 45.6. The lowest BCUT2D eigenvalue weighted by Crippen LogP contribution is -2.02. The summed E-state index contributed by atoms with van der Waals surface area (Å²) in [7, 11) is 1.37. The Hall–Kier alpha value is -1.49. The standard InChI is InChI=1S/C15H12BrF3O/c1-20-15-6-5-9(7-14(15)19)11(16)8-10-12(17)3-2-4-13(10)18/h2-7,11H,8H2,1H3. The number of methoxy groups -OCH3 is 1. The lowest BCUT2D eigenvalue weighted by atomic mass is 10.0. The maximum Gasteiger partial charge on any atom is 0.165 e. The second-order valence-electron chi connectivity index (χ2n) is 4.27. The normalized spacial score (nSPS) is 12.2. The van der Waals surface area contributed by atoms with Gasteiger partial charge in [-0.25, -0.2) is 13.2 Å². The van der Waals surface area contributed by atoms with Crippen LogP contribution in [0.25, 0.3) is 0 Å². The first-order chi connectivity index (χ1) is 9.52. The van der Waals surface area contributed by atoms with Crippen molar-refractivity contribution in [3.63, 3.8) is 0 Å². The average Bonchev–Trinajstić information content (AvgIpc) is 2.42. The first-order valence-corrected chi connectivity index (χ1v) is 6.85. The molecule has 106 valence electrons. The fraction of sp³-hybridized carbons (Fsp3) is 0.200. The maximum absolute atomic E-state index is 13.6. The van der Waals surface area contributed by atoms with Gasteiger partial charge in [0.15, 0.2) is 11.6 Å². The van der Waals surface area contributed by atoms with Gasteiger partial charge in [0.25, 0.3) is 0 Å². The van der Waals surface area contributed by atoms with Gasteiger partial charge in [-0.1, -0.05) is 28.1 Å². The Balaban J connectivity index is 2.24. The van der Waals surface area contributed by atoms with Crippen molar-refractivity contribution in [3.05, 3.63) is 65.0 Å². The minimum Gasteiger partial charge on any atom is -0.494 e. The smallest absolute Gasteiger partial charge is 0.165 e. The molecule has 0 N–H and O–H groups in total. The monoisotopic (exact) mass is 344 g/mol. The van der Waals surface area contributed by atoms with Crippen LogP contribution >= 0.6 is 15.9 Å². The summed E-state index contributed by atoms with van der Waals surface area (Å²) in [6, 6.07) is 8.14. The molecule has 1 nitrogen and oxygen atoms in total. The summed E-state index contributed by atoms with van der Waals surface area (Å²) in [5, 5.41) is 0. The molecule has 2 aromatic rings.